The molecule has 0 bridgehead atoms. The van der Waals surface area contributed by atoms with Gasteiger partial charge in [0, 0.05) is 18.5 Å². The van der Waals surface area contributed by atoms with E-state index in [-0.39, 0.29) is 18.2 Å². The number of hydrazine groups is 1. The van der Waals surface area contributed by atoms with E-state index in [2.05, 4.69) is 10.9 Å². The molecule has 0 radical (unpaired) electrons. The highest BCUT2D eigenvalue weighted by Gasteiger charge is 2.10. The summed E-state index contributed by atoms with van der Waals surface area (Å²) in [5, 5.41) is 37.5. The van der Waals surface area contributed by atoms with E-state index in [1.165, 1.54) is 12.1 Å². The maximum absolute atomic E-state index is 11.7. The van der Waals surface area contributed by atoms with Crippen molar-refractivity contribution in [1.29, 1.82) is 0 Å². The highest BCUT2D eigenvalue weighted by molar-refractivity contribution is 5.75. The van der Waals surface area contributed by atoms with Crippen LogP contribution < -0.4 is 10.9 Å². The van der Waals surface area contributed by atoms with Crippen LogP contribution in [0.4, 0.5) is 0 Å². The van der Waals surface area contributed by atoms with Gasteiger partial charge in [-0.15, -0.1) is 0 Å². The van der Waals surface area contributed by atoms with Crippen LogP contribution in [0, 0.1) is 0 Å². The van der Waals surface area contributed by atoms with Gasteiger partial charge >= 0.3 is 0 Å². The summed E-state index contributed by atoms with van der Waals surface area (Å²) in [7, 11) is 0. The fourth-order valence-corrected chi connectivity index (χ4v) is 2.17. The predicted octanol–water partition coefficient (Wildman–Crippen LogP) is 1.65. The Bertz CT molecular complexity index is 701. The monoisotopic (exact) mass is 332 g/mol. The SMILES string of the molecule is O=C(CCCc1ccc(O)cc1)NNCc1ccc(O)c(O)c1O. The van der Waals surface area contributed by atoms with Crippen molar-refractivity contribution in [1.82, 2.24) is 10.9 Å². The number of carbonyl (C=O) groups excluding carboxylic acids is 1. The summed E-state index contributed by atoms with van der Waals surface area (Å²) in [5.74, 6) is -1.41. The molecule has 0 fully saturated rings. The minimum Gasteiger partial charge on any atom is -0.508 e. The first-order chi connectivity index (χ1) is 11.5. The Hall–Kier alpha value is -2.93. The minimum absolute atomic E-state index is 0.101. The van der Waals surface area contributed by atoms with Crippen molar-refractivity contribution < 1.29 is 25.2 Å². The van der Waals surface area contributed by atoms with Crippen molar-refractivity contribution >= 4 is 5.91 Å². The molecule has 0 heterocycles. The molecule has 2 aromatic carbocycles. The fourth-order valence-electron chi connectivity index (χ4n) is 2.17. The summed E-state index contributed by atoms with van der Waals surface area (Å²) in [4.78, 5) is 11.7. The zero-order valence-electron chi connectivity index (χ0n) is 13.0. The summed E-state index contributed by atoms with van der Waals surface area (Å²) in [6, 6.07) is 9.53. The smallest absolute Gasteiger partial charge is 0.234 e. The number of hydrogen-bond donors (Lipinski definition) is 6. The molecule has 7 nitrogen and oxygen atoms in total. The molecule has 7 heteroatoms. The topological polar surface area (TPSA) is 122 Å². The van der Waals surface area contributed by atoms with Crippen LogP contribution in [0.1, 0.15) is 24.0 Å². The van der Waals surface area contributed by atoms with Crippen LogP contribution >= 0.6 is 0 Å². The van der Waals surface area contributed by atoms with Crippen molar-refractivity contribution in [3.8, 4) is 23.0 Å². The second kappa shape index (κ2) is 8.07. The Kier molecular flexibility index (Phi) is 5.86. The van der Waals surface area contributed by atoms with Crippen LogP contribution in [-0.2, 0) is 17.8 Å². The first-order valence-corrected chi connectivity index (χ1v) is 7.49. The number of amides is 1. The van der Waals surface area contributed by atoms with Crippen molar-refractivity contribution in [2.24, 2.45) is 0 Å². The first kappa shape index (κ1) is 17.4. The molecule has 128 valence electrons. The third kappa shape index (κ3) is 4.79. The van der Waals surface area contributed by atoms with E-state index in [0.717, 1.165) is 12.0 Å². The zero-order valence-corrected chi connectivity index (χ0v) is 13.0. The molecule has 0 saturated carbocycles. The molecule has 0 aliphatic carbocycles. The van der Waals surface area contributed by atoms with Crippen molar-refractivity contribution in [2.45, 2.75) is 25.8 Å². The number of rotatable bonds is 7. The zero-order chi connectivity index (χ0) is 17.5. The van der Waals surface area contributed by atoms with Gasteiger partial charge in [-0.2, -0.15) is 0 Å². The predicted molar refractivity (Wildman–Crippen MR) is 87.5 cm³/mol. The summed E-state index contributed by atoms with van der Waals surface area (Å²) in [6.07, 6.45) is 1.70. The largest absolute Gasteiger partial charge is 0.508 e. The fraction of sp³-hybridized carbons (Fsp3) is 0.235. The van der Waals surface area contributed by atoms with E-state index in [0.29, 0.717) is 18.4 Å². The number of aromatic hydroxyl groups is 4. The lowest BCUT2D eigenvalue weighted by molar-refractivity contribution is -0.122. The van der Waals surface area contributed by atoms with Gasteiger partial charge in [0.15, 0.2) is 11.5 Å². The molecule has 0 saturated heterocycles. The normalized spacial score (nSPS) is 10.5. The molecule has 2 aromatic rings. The second-order valence-electron chi connectivity index (χ2n) is 5.36. The second-order valence-corrected chi connectivity index (χ2v) is 5.36. The molecule has 0 spiro atoms. The minimum atomic E-state index is -0.588. The number of phenolic OH excluding ortho intramolecular Hbond substituents is 4. The Morgan fingerprint density at radius 3 is 2.33 bits per heavy atom. The van der Waals surface area contributed by atoms with E-state index in [4.69, 9.17) is 0 Å². The molecular formula is C17H20N2O5. The number of aryl methyl sites for hydroxylation is 1. The van der Waals surface area contributed by atoms with Gasteiger partial charge in [-0.3, -0.25) is 10.2 Å². The Balaban J connectivity index is 1.70. The first-order valence-electron chi connectivity index (χ1n) is 7.49. The Morgan fingerprint density at radius 1 is 0.917 bits per heavy atom. The van der Waals surface area contributed by atoms with Crippen molar-refractivity contribution in [3.05, 3.63) is 47.5 Å². The van der Waals surface area contributed by atoms with Gasteiger partial charge in [0.2, 0.25) is 11.7 Å². The molecule has 0 unspecified atom stereocenters. The summed E-state index contributed by atoms with van der Waals surface area (Å²) in [5.41, 5.74) is 6.55. The number of benzene rings is 2. The molecule has 1 amide bonds. The van der Waals surface area contributed by atoms with Gasteiger partial charge in [-0.25, -0.2) is 5.43 Å². The van der Waals surface area contributed by atoms with Crippen LogP contribution in [0.5, 0.6) is 23.0 Å². The average molecular weight is 332 g/mol. The molecule has 0 aliphatic heterocycles. The summed E-state index contributed by atoms with van der Waals surface area (Å²) in [6.45, 7) is 0.101. The molecule has 0 aliphatic rings. The molecule has 2 rings (SSSR count). The van der Waals surface area contributed by atoms with Gasteiger partial charge in [-0.05, 0) is 36.6 Å². The lowest BCUT2D eigenvalue weighted by Crippen LogP contribution is -2.36. The van der Waals surface area contributed by atoms with E-state index >= 15 is 0 Å². The van der Waals surface area contributed by atoms with Crippen LogP contribution in [0.15, 0.2) is 36.4 Å². The van der Waals surface area contributed by atoms with E-state index in [9.17, 15) is 25.2 Å². The average Bonchev–Trinajstić information content (AvgIpc) is 2.57. The van der Waals surface area contributed by atoms with Gasteiger partial charge in [-0.1, -0.05) is 18.2 Å². The van der Waals surface area contributed by atoms with E-state index in [1.54, 1.807) is 12.1 Å². The standard InChI is InChI=1S/C17H20N2O5/c20-13-7-4-11(5-8-13)2-1-3-15(22)19-18-10-12-6-9-14(21)17(24)16(12)23/h4-9,18,20-21,23-24H,1-3,10H2,(H,19,22). The quantitative estimate of drug-likeness (QED) is 0.339. The van der Waals surface area contributed by atoms with E-state index in [1.807, 2.05) is 12.1 Å². The number of hydrogen-bond acceptors (Lipinski definition) is 6. The Labute approximate surface area is 139 Å². The van der Waals surface area contributed by atoms with Gasteiger partial charge in [0.1, 0.15) is 5.75 Å². The number of carbonyl (C=O) groups is 1. The van der Waals surface area contributed by atoms with Gasteiger partial charge in [0.25, 0.3) is 0 Å². The van der Waals surface area contributed by atoms with Gasteiger partial charge < -0.3 is 20.4 Å². The Morgan fingerprint density at radius 2 is 1.62 bits per heavy atom. The van der Waals surface area contributed by atoms with Crippen molar-refractivity contribution in [3.63, 3.8) is 0 Å². The highest BCUT2D eigenvalue weighted by Crippen LogP contribution is 2.36. The molecule has 24 heavy (non-hydrogen) atoms. The van der Waals surface area contributed by atoms with Crippen LogP contribution in [0.3, 0.4) is 0 Å². The lowest BCUT2D eigenvalue weighted by Gasteiger charge is -2.10. The maximum atomic E-state index is 11.7. The van der Waals surface area contributed by atoms with Crippen LogP contribution in [-0.4, -0.2) is 26.3 Å². The molecule has 0 aromatic heterocycles. The van der Waals surface area contributed by atoms with E-state index < -0.39 is 17.2 Å². The van der Waals surface area contributed by atoms with Crippen LogP contribution in [0.25, 0.3) is 0 Å². The third-order valence-corrected chi connectivity index (χ3v) is 3.53. The number of nitrogens with one attached hydrogen (secondary N) is 2. The summed E-state index contributed by atoms with van der Waals surface area (Å²) >= 11 is 0. The molecular weight excluding hydrogens is 312 g/mol. The lowest BCUT2D eigenvalue weighted by atomic mass is 10.1. The van der Waals surface area contributed by atoms with Crippen molar-refractivity contribution in [2.75, 3.05) is 0 Å². The highest BCUT2D eigenvalue weighted by atomic mass is 16.3. The number of phenols is 4. The van der Waals surface area contributed by atoms with Gasteiger partial charge in [0.05, 0.1) is 0 Å². The summed E-state index contributed by atoms with van der Waals surface area (Å²) < 4.78 is 0. The third-order valence-electron chi connectivity index (χ3n) is 3.53. The maximum Gasteiger partial charge on any atom is 0.234 e. The van der Waals surface area contributed by atoms with Crippen LogP contribution in [0.2, 0.25) is 0 Å². The molecule has 6 N–H and O–H groups in total. The molecule has 0 atom stereocenters.